The number of halogens is 1. The van der Waals surface area contributed by atoms with Crippen molar-refractivity contribution in [2.24, 2.45) is 0 Å². The summed E-state index contributed by atoms with van der Waals surface area (Å²) in [5.41, 5.74) is 0.486. The zero-order valence-electron chi connectivity index (χ0n) is 5.63. The fourth-order valence-corrected chi connectivity index (χ4v) is 0.701. The second-order valence-electron chi connectivity index (χ2n) is 2.13. The number of hydrogen-bond donors (Lipinski definition) is 1. The average Bonchev–Trinajstić information content (AvgIpc) is 1.88. The maximum atomic E-state index is 12.4. The molecule has 0 aromatic heterocycles. The van der Waals surface area contributed by atoms with Gasteiger partial charge in [0.2, 0.25) is 0 Å². The van der Waals surface area contributed by atoms with E-state index >= 15 is 0 Å². The molecule has 0 saturated carbocycles. The highest BCUT2D eigenvalue weighted by Crippen LogP contribution is 2.11. The molecule has 53 valence electrons. The van der Waals surface area contributed by atoms with Gasteiger partial charge in [-0.25, -0.2) is 4.39 Å². The molecule has 0 fully saturated rings. The summed E-state index contributed by atoms with van der Waals surface area (Å²) in [6.45, 7) is 1.57. The van der Waals surface area contributed by atoms with Crippen molar-refractivity contribution >= 4 is 0 Å². The van der Waals surface area contributed by atoms with Gasteiger partial charge in [-0.2, -0.15) is 0 Å². The number of aliphatic hydroxyl groups is 1. The monoisotopic (exact) mass is 139 g/mol. The molecule has 10 heavy (non-hydrogen) atoms. The molecular weight excluding hydrogens is 131 g/mol. The van der Waals surface area contributed by atoms with E-state index < -0.39 is 11.9 Å². The molecule has 1 radical (unpaired) electrons. The lowest BCUT2D eigenvalue weighted by atomic mass is 10.1. The molecule has 1 N–H and O–H groups in total. The second kappa shape index (κ2) is 2.80. The summed E-state index contributed by atoms with van der Waals surface area (Å²) in [5, 5.41) is 8.95. The molecule has 0 saturated heterocycles. The van der Waals surface area contributed by atoms with Crippen LogP contribution >= 0.6 is 0 Å². The Morgan fingerprint density at radius 2 is 2.30 bits per heavy atom. The highest BCUT2D eigenvalue weighted by molar-refractivity contribution is 5.16. The van der Waals surface area contributed by atoms with E-state index in [1.54, 1.807) is 19.1 Å². The van der Waals surface area contributed by atoms with Gasteiger partial charge < -0.3 is 5.11 Å². The van der Waals surface area contributed by atoms with Crippen LogP contribution < -0.4 is 0 Å². The van der Waals surface area contributed by atoms with Crippen molar-refractivity contribution in [1.82, 2.24) is 0 Å². The van der Waals surface area contributed by atoms with Crippen LogP contribution in [0.5, 0.6) is 0 Å². The molecular formula is C8H8FO. The van der Waals surface area contributed by atoms with Gasteiger partial charge in [0.25, 0.3) is 0 Å². The van der Waals surface area contributed by atoms with Crippen molar-refractivity contribution < 1.29 is 9.50 Å². The second-order valence-corrected chi connectivity index (χ2v) is 2.13. The molecule has 1 nitrogen and oxygen atoms in total. The van der Waals surface area contributed by atoms with Crippen molar-refractivity contribution in [2.45, 2.75) is 13.0 Å². The normalized spacial score (nSPS) is 13.1. The Hall–Kier alpha value is -0.890. The third kappa shape index (κ3) is 1.54. The highest BCUT2D eigenvalue weighted by atomic mass is 19.1. The molecule has 0 aliphatic rings. The number of aliphatic hydroxyl groups excluding tert-OH is 1. The van der Waals surface area contributed by atoms with E-state index in [-0.39, 0.29) is 0 Å². The predicted octanol–water partition coefficient (Wildman–Crippen LogP) is 1.68. The summed E-state index contributed by atoms with van der Waals surface area (Å²) in [5.74, 6) is -0.432. The lowest BCUT2D eigenvalue weighted by molar-refractivity contribution is 0.198. The lowest BCUT2D eigenvalue weighted by Crippen LogP contribution is -1.91. The Labute approximate surface area is 59.1 Å². The molecule has 0 spiro atoms. The van der Waals surface area contributed by atoms with E-state index in [9.17, 15) is 4.39 Å². The summed E-state index contributed by atoms with van der Waals surface area (Å²) in [4.78, 5) is 0. The Bertz CT molecular complexity index is 220. The Morgan fingerprint density at radius 3 is 2.70 bits per heavy atom. The van der Waals surface area contributed by atoms with Crippen LogP contribution in [0.15, 0.2) is 18.2 Å². The summed E-state index contributed by atoms with van der Waals surface area (Å²) >= 11 is 0. The van der Waals surface area contributed by atoms with Crippen molar-refractivity contribution in [3.8, 4) is 0 Å². The molecule has 1 aromatic rings. The van der Waals surface area contributed by atoms with Gasteiger partial charge in [-0.15, -0.1) is 0 Å². The van der Waals surface area contributed by atoms with Crippen LogP contribution in [0, 0.1) is 11.9 Å². The third-order valence-corrected chi connectivity index (χ3v) is 1.23. The van der Waals surface area contributed by atoms with Gasteiger partial charge >= 0.3 is 0 Å². The molecule has 1 rings (SSSR count). The van der Waals surface area contributed by atoms with E-state index in [1.165, 1.54) is 6.07 Å². The van der Waals surface area contributed by atoms with E-state index in [0.29, 0.717) is 5.56 Å². The molecule has 0 aliphatic carbocycles. The fraction of sp³-hybridized carbons (Fsp3) is 0.250. The topological polar surface area (TPSA) is 20.2 Å². The van der Waals surface area contributed by atoms with Crippen molar-refractivity contribution in [2.75, 3.05) is 0 Å². The molecule has 1 unspecified atom stereocenters. The van der Waals surface area contributed by atoms with Crippen molar-refractivity contribution in [3.63, 3.8) is 0 Å². The average molecular weight is 139 g/mol. The SMILES string of the molecule is CC(O)c1[c]c(F)ccc1. The highest BCUT2D eigenvalue weighted by Gasteiger charge is 2.00. The van der Waals surface area contributed by atoms with E-state index in [0.717, 1.165) is 0 Å². The molecule has 0 heterocycles. The largest absolute Gasteiger partial charge is 0.389 e. The summed E-state index contributed by atoms with van der Waals surface area (Å²) < 4.78 is 12.4. The number of rotatable bonds is 1. The molecule has 0 amide bonds. The Balaban J connectivity index is 2.96. The molecule has 1 atom stereocenters. The Kier molecular flexibility index (Phi) is 2.02. The van der Waals surface area contributed by atoms with Gasteiger partial charge in [0.05, 0.1) is 6.10 Å². The zero-order valence-corrected chi connectivity index (χ0v) is 5.63. The van der Waals surface area contributed by atoms with Crippen LogP contribution in [0.25, 0.3) is 0 Å². The van der Waals surface area contributed by atoms with E-state index in [2.05, 4.69) is 6.07 Å². The van der Waals surface area contributed by atoms with Crippen LogP contribution in [0.2, 0.25) is 0 Å². The van der Waals surface area contributed by atoms with Crippen LogP contribution in [0.1, 0.15) is 18.6 Å². The minimum atomic E-state index is -0.643. The minimum Gasteiger partial charge on any atom is -0.389 e. The van der Waals surface area contributed by atoms with Crippen LogP contribution in [-0.4, -0.2) is 5.11 Å². The van der Waals surface area contributed by atoms with Crippen molar-refractivity contribution in [1.29, 1.82) is 0 Å². The van der Waals surface area contributed by atoms with Crippen LogP contribution in [0.4, 0.5) is 4.39 Å². The first-order valence-electron chi connectivity index (χ1n) is 3.06. The first-order chi connectivity index (χ1) is 4.70. The summed E-state index contributed by atoms with van der Waals surface area (Å²) in [7, 11) is 0. The van der Waals surface area contributed by atoms with Gasteiger partial charge in [-0.1, -0.05) is 12.1 Å². The van der Waals surface area contributed by atoms with Crippen molar-refractivity contribution in [3.05, 3.63) is 35.6 Å². The number of hydrogen-bond acceptors (Lipinski definition) is 1. The van der Waals surface area contributed by atoms with Gasteiger partial charge in [0, 0.05) is 6.07 Å². The quantitative estimate of drug-likeness (QED) is 0.627. The smallest absolute Gasteiger partial charge is 0.131 e. The van der Waals surface area contributed by atoms with Gasteiger partial charge in [-0.3, -0.25) is 0 Å². The Morgan fingerprint density at radius 1 is 1.60 bits per heavy atom. The first-order valence-corrected chi connectivity index (χ1v) is 3.06. The fourth-order valence-electron chi connectivity index (χ4n) is 0.701. The standard InChI is InChI=1S/C8H8FO/c1-6(10)7-3-2-4-8(9)5-7/h2-4,6,10H,1H3. The zero-order chi connectivity index (χ0) is 7.56. The molecule has 2 heteroatoms. The van der Waals surface area contributed by atoms with Crippen LogP contribution in [-0.2, 0) is 0 Å². The lowest BCUT2D eigenvalue weighted by Gasteiger charge is -2.01. The summed E-state index contributed by atoms with van der Waals surface area (Å²) in [6, 6.07) is 6.87. The first kappa shape index (κ1) is 7.22. The van der Waals surface area contributed by atoms with Crippen LogP contribution in [0.3, 0.4) is 0 Å². The molecule has 0 bridgehead atoms. The maximum absolute atomic E-state index is 12.4. The third-order valence-electron chi connectivity index (χ3n) is 1.23. The van der Waals surface area contributed by atoms with Gasteiger partial charge in [0.1, 0.15) is 5.82 Å². The molecule has 0 aliphatic heterocycles. The van der Waals surface area contributed by atoms with E-state index in [4.69, 9.17) is 5.11 Å². The minimum absolute atomic E-state index is 0.432. The predicted molar refractivity (Wildman–Crippen MR) is 35.9 cm³/mol. The van der Waals surface area contributed by atoms with Gasteiger partial charge in [-0.05, 0) is 18.6 Å². The van der Waals surface area contributed by atoms with E-state index in [1.807, 2.05) is 0 Å². The summed E-state index contributed by atoms with van der Waals surface area (Å²) in [6.07, 6.45) is -0.643. The molecule has 1 aromatic carbocycles. The maximum Gasteiger partial charge on any atom is 0.131 e. The van der Waals surface area contributed by atoms with Gasteiger partial charge in [0.15, 0.2) is 0 Å². The number of benzene rings is 1.